The number of hydrogen-bond donors (Lipinski definition) is 1. The maximum atomic E-state index is 6.08. The highest BCUT2D eigenvalue weighted by Gasteiger charge is 2.50. The second-order valence-corrected chi connectivity index (χ2v) is 7.09. The van der Waals surface area contributed by atoms with Gasteiger partial charge in [-0.1, -0.05) is 6.92 Å². The highest BCUT2D eigenvalue weighted by atomic mass is 16.5. The lowest BCUT2D eigenvalue weighted by molar-refractivity contribution is 0.00639. The van der Waals surface area contributed by atoms with E-state index in [2.05, 4.69) is 17.1 Å². The molecule has 4 rings (SSSR count). The summed E-state index contributed by atoms with van der Waals surface area (Å²) in [6.07, 6.45) is 10.3. The van der Waals surface area contributed by atoms with Crippen molar-refractivity contribution >= 4 is 0 Å². The topological polar surface area (TPSA) is 24.5 Å². The third-order valence-electron chi connectivity index (χ3n) is 5.86. The molecule has 1 N–H and O–H groups in total. The number of piperidine rings is 1. The average Bonchev–Trinajstić information content (AvgIpc) is 3.08. The third-order valence-corrected chi connectivity index (χ3v) is 5.86. The van der Waals surface area contributed by atoms with Crippen molar-refractivity contribution in [3.63, 3.8) is 0 Å². The molecule has 4 unspecified atom stereocenters. The van der Waals surface area contributed by atoms with E-state index in [1.54, 1.807) is 0 Å². The molecule has 4 atom stereocenters. The number of fused-ring (bicyclic) bond motifs is 2. The molecule has 0 aromatic heterocycles. The van der Waals surface area contributed by atoms with E-state index in [4.69, 9.17) is 4.74 Å². The van der Waals surface area contributed by atoms with Gasteiger partial charge in [-0.2, -0.15) is 0 Å². The fourth-order valence-electron chi connectivity index (χ4n) is 5.00. The quantitative estimate of drug-likeness (QED) is 0.842. The molecule has 19 heavy (non-hydrogen) atoms. The van der Waals surface area contributed by atoms with E-state index >= 15 is 0 Å². The van der Waals surface area contributed by atoms with Crippen LogP contribution in [0.15, 0.2) is 0 Å². The Balaban J connectivity index is 1.47. The number of hydrogen-bond acceptors (Lipinski definition) is 3. The van der Waals surface area contributed by atoms with Gasteiger partial charge in [-0.3, -0.25) is 4.90 Å². The Morgan fingerprint density at radius 3 is 2.42 bits per heavy atom. The van der Waals surface area contributed by atoms with Gasteiger partial charge in [0.05, 0.1) is 6.10 Å². The maximum absolute atomic E-state index is 6.08. The van der Waals surface area contributed by atoms with Crippen LogP contribution in [0.5, 0.6) is 0 Å². The lowest BCUT2D eigenvalue weighted by Crippen LogP contribution is -2.55. The minimum Gasteiger partial charge on any atom is -0.376 e. The summed E-state index contributed by atoms with van der Waals surface area (Å²) in [4.78, 5) is 2.91. The Hall–Kier alpha value is -0.120. The molecule has 0 amide bonds. The summed E-state index contributed by atoms with van der Waals surface area (Å²) in [6.45, 7) is 4.38. The van der Waals surface area contributed by atoms with E-state index in [-0.39, 0.29) is 0 Å². The van der Waals surface area contributed by atoms with Crippen LogP contribution in [-0.4, -0.2) is 48.3 Å². The van der Waals surface area contributed by atoms with Gasteiger partial charge in [-0.15, -0.1) is 0 Å². The zero-order valence-corrected chi connectivity index (χ0v) is 12.2. The van der Waals surface area contributed by atoms with Crippen LogP contribution < -0.4 is 5.32 Å². The molecule has 108 valence electrons. The minimum absolute atomic E-state index is 0.582. The molecule has 4 aliphatic rings. The third kappa shape index (κ3) is 2.24. The average molecular weight is 264 g/mol. The first-order valence-electron chi connectivity index (χ1n) is 8.49. The van der Waals surface area contributed by atoms with E-state index in [1.165, 1.54) is 44.9 Å². The summed E-state index contributed by atoms with van der Waals surface area (Å²) in [5, 5.41) is 3.68. The van der Waals surface area contributed by atoms with Gasteiger partial charge in [0.1, 0.15) is 0 Å². The van der Waals surface area contributed by atoms with Gasteiger partial charge < -0.3 is 10.1 Å². The lowest BCUT2D eigenvalue weighted by atomic mass is 9.92. The van der Waals surface area contributed by atoms with Crippen molar-refractivity contribution in [1.82, 2.24) is 10.2 Å². The Morgan fingerprint density at radius 1 is 1.05 bits per heavy atom. The summed E-state index contributed by atoms with van der Waals surface area (Å²) < 4.78 is 6.08. The van der Waals surface area contributed by atoms with Crippen molar-refractivity contribution in [1.29, 1.82) is 0 Å². The molecule has 3 nitrogen and oxygen atoms in total. The molecule has 3 saturated heterocycles. The minimum atomic E-state index is 0.582. The van der Waals surface area contributed by atoms with Gasteiger partial charge in [0.2, 0.25) is 0 Å². The first-order chi connectivity index (χ1) is 9.36. The summed E-state index contributed by atoms with van der Waals surface area (Å²) in [5.74, 6) is 0.901. The first-order valence-corrected chi connectivity index (χ1v) is 8.49. The molecule has 3 heterocycles. The van der Waals surface area contributed by atoms with Gasteiger partial charge in [0.15, 0.2) is 0 Å². The standard InChI is InChI=1S/C16H28N2O/c1-2-17-12-9-13-5-6-14(10-12)18(13)15-7-8-19-16(15)11-3-4-11/h11-17H,2-10H2,1H3. The highest BCUT2D eigenvalue weighted by Crippen LogP contribution is 2.45. The van der Waals surface area contributed by atoms with Crippen molar-refractivity contribution in [2.24, 2.45) is 5.92 Å². The van der Waals surface area contributed by atoms with Crippen LogP contribution in [-0.2, 0) is 4.74 Å². The van der Waals surface area contributed by atoms with Gasteiger partial charge in [0.25, 0.3) is 0 Å². The predicted octanol–water partition coefficient (Wildman–Crippen LogP) is 2.16. The number of ether oxygens (including phenoxy) is 1. The predicted molar refractivity (Wildman–Crippen MR) is 76.2 cm³/mol. The zero-order valence-electron chi connectivity index (χ0n) is 12.2. The molecule has 3 heteroatoms. The van der Waals surface area contributed by atoms with Crippen LogP contribution in [0.25, 0.3) is 0 Å². The Kier molecular flexibility index (Phi) is 3.33. The largest absolute Gasteiger partial charge is 0.376 e. The molecule has 0 aromatic rings. The summed E-state index contributed by atoms with van der Waals surface area (Å²) in [5.41, 5.74) is 0. The van der Waals surface area contributed by atoms with E-state index in [0.29, 0.717) is 6.10 Å². The van der Waals surface area contributed by atoms with Gasteiger partial charge in [-0.05, 0) is 57.4 Å². The molecule has 0 spiro atoms. The number of nitrogens with one attached hydrogen (secondary N) is 1. The summed E-state index contributed by atoms with van der Waals surface area (Å²) in [7, 11) is 0. The fraction of sp³-hybridized carbons (Fsp3) is 1.00. The zero-order chi connectivity index (χ0) is 12.8. The summed E-state index contributed by atoms with van der Waals surface area (Å²) in [6, 6.07) is 3.22. The van der Waals surface area contributed by atoms with E-state index in [0.717, 1.165) is 43.2 Å². The Morgan fingerprint density at radius 2 is 1.79 bits per heavy atom. The van der Waals surface area contributed by atoms with Crippen LogP contribution in [0.1, 0.15) is 51.9 Å². The summed E-state index contributed by atoms with van der Waals surface area (Å²) >= 11 is 0. The van der Waals surface area contributed by atoms with Crippen LogP contribution in [0.4, 0.5) is 0 Å². The molecule has 0 aromatic carbocycles. The van der Waals surface area contributed by atoms with Gasteiger partial charge in [0, 0.05) is 30.8 Å². The molecular formula is C16H28N2O. The Labute approximate surface area is 117 Å². The molecule has 1 aliphatic carbocycles. The highest BCUT2D eigenvalue weighted by molar-refractivity contribution is 5.04. The van der Waals surface area contributed by atoms with Crippen molar-refractivity contribution in [2.45, 2.75) is 82.1 Å². The van der Waals surface area contributed by atoms with Crippen molar-refractivity contribution in [3.05, 3.63) is 0 Å². The molecular weight excluding hydrogens is 236 g/mol. The second-order valence-electron chi connectivity index (χ2n) is 7.09. The van der Waals surface area contributed by atoms with Crippen LogP contribution in [0, 0.1) is 5.92 Å². The number of nitrogens with zero attached hydrogens (tertiary/aromatic N) is 1. The normalized spacial score (nSPS) is 46.9. The van der Waals surface area contributed by atoms with Crippen molar-refractivity contribution < 1.29 is 4.74 Å². The molecule has 0 radical (unpaired) electrons. The van der Waals surface area contributed by atoms with E-state index in [9.17, 15) is 0 Å². The van der Waals surface area contributed by atoms with Crippen molar-refractivity contribution in [2.75, 3.05) is 13.2 Å². The first kappa shape index (κ1) is 12.6. The van der Waals surface area contributed by atoms with Crippen LogP contribution >= 0.6 is 0 Å². The SMILES string of the molecule is CCNC1CC2CCC(C1)N2C1CCOC1C1CC1. The Bertz CT molecular complexity index is 317. The molecule has 1 saturated carbocycles. The fourth-order valence-corrected chi connectivity index (χ4v) is 5.00. The maximum Gasteiger partial charge on any atom is 0.0759 e. The van der Waals surface area contributed by atoms with E-state index in [1.807, 2.05) is 0 Å². The van der Waals surface area contributed by atoms with Crippen LogP contribution in [0.2, 0.25) is 0 Å². The van der Waals surface area contributed by atoms with Gasteiger partial charge >= 0.3 is 0 Å². The number of rotatable bonds is 4. The smallest absolute Gasteiger partial charge is 0.0759 e. The lowest BCUT2D eigenvalue weighted by Gasteiger charge is -2.44. The second kappa shape index (κ2) is 5.01. The van der Waals surface area contributed by atoms with Crippen LogP contribution in [0.3, 0.4) is 0 Å². The van der Waals surface area contributed by atoms with Gasteiger partial charge in [-0.25, -0.2) is 0 Å². The molecule has 4 fully saturated rings. The van der Waals surface area contributed by atoms with Crippen molar-refractivity contribution in [3.8, 4) is 0 Å². The van der Waals surface area contributed by atoms with E-state index < -0.39 is 0 Å². The molecule has 3 aliphatic heterocycles. The molecule has 2 bridgehead atoms. The monoisotopic (exact) mass is 264 g/mol.